The molecule has 21 heavy (non-hydrogen) atoms. The number of carbonyl (C=O) groups is 1. The summed E-state index contributed by atoms with van der Waals surface area (Å²) in [6.07, 6.45) is 5.99. The van der Waals surface area contributed by atoms with Gasteiger partial charge in [-0.3, -0.25) is 4.79 Å². The van der Waals surface area contributed by atoms with Crippen LogP contribution < -0.4 is 10.5 Å². The molecule has 0 aliphatic heterocycles. The highest BCUT2D eigenvalue weighted by Crippen LogP contribution is 2.26. The van der Waals surface area contributed by atoms with Gasteiger partial charge in [0.1, 0.15) is 5.75 Å². The average Bonchev–Trinajstić information content (AvgIpc) is 3.31. The summed E-state index contributed by atoms with van der Waals surface area (Å²) in [5.41, 5.74) is 7.94. The van der Waals surface area contributed by atoms with Crippen molar-refractivity contribution in [3.8, 4) is 5.75 Å². The summed E-state index contributed by atoms with van der Waals surface area (Å²) in [4.78, 5) is 12.1. The first kappa shape index (κ1) is 13.4. The van der Waals surface area contributed by atoms with E-state index < -0.39 is 0 Å². The van der Waals surface area contributed by atoms with Crippen LogP contribution in [0.1, 0.15) is 28.8 Å². The second kappa shape index (κ2) is 5.83. The molecular formula is C18H17NO2. The molecule has 0 radical (unpaired) electrons. The van der Waals surface area contributed by atoms with Gasteiger partial charge in [-0.1, -0.05) is 18.2 Å². The first-order valence-electron chi connectivity index (χ1n) is 7.05. The van der Waals surface area contributed by atoms with Crippen LogP contribution in [0.25, 0.3) is 6.08 Å². The Kier molecular flexibility index (Phi) is 3.73. The minimum Gasteiger partial charge on any atom is -0.490 e. The van der Waals surface area contributed by atoms with Crippen molar-refractivity contribution in [2.24, 2.45) is 0 Å². The van der Waals surface area contributed by atoms with Crippen molar-refractivity contribution in [1.29, 1.82) is 0 Å². The van der Waals surface area contributed by atoms with Crippen LogP contribution in [0.2, 0.25) is 0 Å². The number of ether oxygens (including phenoxy) is 1. The highest BCUT2D eigenvalue weighted by molar-refractivity contribution is 6.06. The molecule has 1 aliphatic rings. The Morgan fingerprint density at radius 3 is 2.33 bits per heavy atom. The topological polar surface area (TPSA) is 52.3 Å². The number of hydrogen-bond acceptors (Lipinski definition) is 3. The van der Waals surface area contributed by atoms with E-state index >= 15 is 0 Å². The van der Waals surface area contributed by atoms with Crippen LogP contribution in [-0.2, 0) is 0 Å². The summed E-state index contributed by atoms with van der Waals surface area (Å²) in [6.45, 7) is 0. The fourth-order valence-electron chi connectivity index (χ4n) is 1.95. The highest BCUT2D eigenvalue weighted by atomic mass is 16.5. The van der Waals surface area contributed by atoms with E-state index in [2.05, 4.69) is 0 Å². The quantitative estimate of drug-likeness (QED) is 0.515. The van der Waals surface area contributed by atoms with Gasteiger partial charge in [-0.25, -0.2) is 0 Å². The molecule has 0 unspecified atom stereocenters. The lowest BCUT2D eigenvalue weighted by molar-refractivity contribution is 0.104. The maximum absolute atomic E-state index is 12.1. The van der Waals surface area contributed by atoms with Crippen molar-refractivity contribution in [3.05, 3.63) is 65.7 Å². The fraction of sp³-hybridized carbons (Fsp3) is 0.167. The summed E-state index contributed by atoms with van der Waals surface area (Å²) in [6, 6.07) is 14.7. The first-order chi connectivity index (χ1) is 10.2. The van der Waals surface area contributed by atoms with Crippen molar-refractivity contribution >= 4 is 17.5 Å². The van der Waals surface area contributed by atoms with E-state index in [-0.39, 0.29) is 5.78 Å². The molecular weight excluding hydrogens is 262 g/mol. The van der Waals surface area contributed by atoms with Gasteiger partial charge in [-0.05, 0) is 60.9 Å². The molecule has 3 nitrogen and oxygen atoms in total. The van der Waals surface area contributed by atoms with E-state index in [0.717, 1.165) is 24.2 Å². The third-order valence-corrected chi connectivity index (χ3v) is 3.33. The van der Waals surface area contributed by atoms with E-state index in [1.54, 1.807) is 24.3 Å². The van der Waals surface area contributed by atoms with Gasteiger partial charge >= 0.3 is 0 Å². The van der Waals surface area contributed by atoms with Gasteiger partial charge < -0.3 is 10.5 Å². The van der Waals surface area contributed by atoms with E-state index in [0.29, 0.717) is 17.4 Å². The Morgan fingerprint density at radius 1 is 1.05 bits per heavy atom. The largest absolute Gasteiger partial charge is 0.490 e. The lowest BCUT2D eigenvalue weighted by Gasteiger charge is -2.04. The molecule has 1 fully saturated rings. The van der Waals surface area contributed by atoms with Gasteiger partial charge in [0.15, 0.2) is 5.78 Å². The number of benzene rings is 2. The number of rotatable bonds is 5. The standard InChI is InChI=1S/C18H17NO2/c19-15-6-1-13(2-7-15)3-12-18(20)14-4-8-16(9-5-14)21-17-10-11-17/h1-9,12,17H,10-11,19H2/b12-3+. The maximum atomic E-state index is 12.1. The van der Waals surface area contributed by atoms with Crippen LogP contribution in [0.3, 0.4) is 0 Å². The third-order valence-electron chi connectivity index (χ3n) is 3.33. The zero-order valence-corrected chi connectivity index (χ0v) is 11.7. The summed E-state index contributed by atoms with van der Waals surface area (Å²) in [7, 11) is 0. The molecule has 0 spiro atoms. The molecule has 0 heterocycles. The lowest BCUT2D eigenvalue weighted by Crippen LogP contribution is -1.97. The van der Waals surface area contributed by atoms with E-state index in [4.69, 9.17) is 10.5 Å². The predicted octanol–water partition coefficient (Wildman–Crippen LogP) is 3.71. The monoisotopic (exact) mass is 279 g/mol. The molecule has 2 aromatic rings. The van der Waals surface area contributed by atoms with Crippen LogP contribution in [0, 0.1) is 0 Å². The van der Waals surface area contributed by atoms with Crippen molar-refractivity contribution < 1.29 is 9.53 Å². The zero-order chi connectivity index (χ0) is 14.7. The van der Waals surface area contributed by atoms with Gasteiger partial charge in [0.05, 0.1) is 6.10 Å². The van der Waals surface area contributed by atoms with Crippen LogP contribution in [0.5, 0.6) is 5.75 Å². The van der Waals surface area contributed by atoms with Crippen LogP contribution in [-0.4, -0.2) is 11.9 Å². The lowest BCUT2D eigenvalue weighted by atomic mass is 10.1. The molecule has 0 amide bonds. The highest BCUT2D eigenvalue weighted by Gasteiger charge is 2.23. The van der Waals surface area contributed by atoms with E-state index in [1.807, 2.05) is 36.4 Å². The molecule has 0 atom stereocenters. The number of carbonyl (C=O) groups excluding carboxylic acids is 1. The minimum absolute atomic E-state index is 0.0233. The fourth-order valence-corrected chi connectivity index (χ4v) is 1.95. The normalized spacial score (nSPS) is 14.3. The Morgan fingerprint density at radius 2 is 1.71 bits per heavy atom. The molecule has 106 valence electrons. The Hall–Kier alpha value is -2.55. The predicted molar refractivity (Wildman–Crippen MR) is 84.3 cm³/mol. The number of ketones is 1. The minimum atomic E-state index is -0.0233. The third kappa shape index (κ3) is 3.72. The van der Waals surface area contributed by atoms with Crippen molar-refractivity contribution in [1.82, 2.24) is 0 Å². The van der Waals surface area contributed by atoms with E-state index in [9.17, 15) is 4.79 Å². The number of allylic oxidation sites excluding steroid dienone is 1. The molecule has 0 bridgehead atoms. The molecule has 2 N–H and O–H groups in total. The Balaban J connectivity index is 1.65. The summed E-state index contributed by atoms with van der Waals surface area (Å²) < 4.78 is 5.66. The van der Waals surface area contributed by atoms with Crippen LogP contribution >= 0.6 is 0 Å². The van der Waals surface area contributed by atoms with Crippen LogP contribution in [0.4, 0.5) is 5.69 Å². The summed E-state index contributed by atoms with van der Waals surface area (Å²) in [5, 5.41) is 0. The average molecular weight is 279 g/mol. The Bertz CT molecular complexity index is 653. The maximum Gasteiger partial charge on any atom is 0.185 e. The number of hydrogen-bond donors (Lipinski definition) is 1. The summed E-state index contributed by atoms with van der Waals surface area (Å²) in [5.74, 6) is 0.807. The number of anilines is 1. The van der Waals surface area contributed by atoms with Crippen LogP contribution in [0.15, 0.2) is 54.6 Å². The second-order valence-electron chi connectivity index (χ2n) is 5.21. The first-order valence-corrected chi connectivity index (χ1v) is 7.05. The number of nitrogen functional groups attached to an aromatic ring is 1. The molecule has 1 aliphatic carbocycles. The van der Waals surface area contributed by atoms with Gasteiger partial charge in [0.25, 0.3) is 0 Å². The zero-order valence-electron chi connectivity index (χ0n) is 11.7. The van der Waals surface area contributed by atoms with Gasteiger partial charge in [-0.15, -0.1) is 0 Å². The molecule has 3 rings (SSSR count). The van der Waals surface area contributed by atoms with Gasteiger partial charge in [0.2, 0.25) is 0 Å². The molecule has 0 aromatic heterocycles. The number of nitrogens with two attached hydrogens (primary N) is 1. The van der Waals surface area contributed by atoms with Crippen molar-refractivity contribution in [2.75, 3.05) is 5.73 Å². The van der Waals surface area contributed by atoms with Gasteiger partial charge in [0, 0.05) is 11.3 Å². The Labute approximate surface area is 124 Å². The molecule has 0 saturated heterocycles. The van der Waals surface area contributed by atoms with E-state index in [1.165, 1.54) is 0 Å². The smallest absolute Gasteiger partial charge is 0.185 e. The molecule has 1 saturated carbocycles. The second-order valence-corrected chi connectivity index (χ2v) is 5.21. The SMILES string of the molecule is Nc1ccc(/C=C/C(=O)c2ccc(OC3CC3)cc2)cc1. The van der Waals surface area contributed by atoms with Crippen molar-refractivity contribution in [2.45, 2.75) is 18.9 Å². The molecule has 3 heteroatoms. The summed E-state index contributed by atoms with van der Waals surface area (Å²) >= 11 is 0. The van der Waals surface area contributed by atoms with Crippen molar-refractivity contribution in [3.63, 3.8) is 0 Å². The molecule has 2 aromatic carbocycles. The van der Waals surface area contributed by atoms with Gasteiger partial charge in [-0.2, -0.15) is 0 Å².